The Morgan fingerprint density at radius 2 is 1.89 bits per heavy atom. The molecule has 0 saturated carbocycles. The first-order valence-electron chi connectivity index (χ1n) is 8.16. The van der Waals surface area contributed by atoms with Crippen molar-refractivity contribution in [1.29, 1.82) is 0 Å². The maximum atomic E-state index is 12.6. The van der Waals surface area contributed by atoms with E-state index in [2.05, 4.69) is 10.7 Å². The average molecular weight is 423 g/mol. The molecule has 0 aliphatic carbocycles. The highest BCUT2D eigenvalue weighted by Gasteiger charge is 2.50. The number of urea groups is 1. The largest absolute Gasteiger partial charge is 0.347 e. The highest BCUT2D eigenvalue weighted by atomic mass is 35.5. The Labute approximate surface area is 172 Å². The number of thioether (sulfide) groups is 1. The molecule has 0 aromatic heterocycles. The lowest BCUT2D eigenvalue weighted by atomic mass is 10.1. The molecule has 1 fully saturated rings. The number of hydrazine groups is 1. The molecule has 142 valence electrons. The van der Waals surface area contributed by atoms with Gasteiger partial charge < -0.3 is 5.32 Å². The quantitative estimate of drug-likeness (QED) is 0.365. The molecule has 3 rings (SSSR count). The van der Waals surface area contributed by atoms with E-state index in [4.69, 9.17) is 23.8 Å². The number of rotatable bonds is 4. The molecule has 1 aliphatic heterocycles. The molecule has 1 atom stereocenters. The molecule has 0 spiro atoms. The van der Waals surface area contributed by atoms with Gasteiger partial charge in [0.1, 0.15) is 0 Å². The molecule has 27 heavy (non-hydrogen) atoms. The number of carbonyl (C=O) groups excluding carboxylic acids is 1. The van der Waals surface area contributed by atoms with Crippen LogP contribution in [-0.4, -0.2) is 36.5 Å². The van der Waals surface area contributed by atoms with Crippen LogP contribution < -0.4 is 10.7 Å². The van der Waals surface area contributed by atoms with Gasteiger partial charge in [0, 0.05) is 10.7 Å². The van der Waals surface area contributed by atoms with E-state index in [1.807, 2.05) is 44.2 Å². The minimum Gasteiger partial charge on any atom is -0.306 e. The van der Waals surface area contributed by atoms with Gasteiger partial charge in [0.05, 0.1) is 10.4 Å². The summed E-state index contributed by atoms with van der Waals surface area (Å²) in [6, 6.07) is 15.5. The van der Waals surface area contributed by atoms with Crippen molar-refractivity contribution >= 4 is 57.3 Å². The summed E-state index contributed by atoms with van der Waals surface area (Å²) in [5.41, 5.74) is 4.46. The lowest BCUT2D eigenvalue weighted by molar-refractivity contribution is -0.110. The van der Waals surface area contributed by atoms with Crippen molar-refractivity contribution in [3.63, 3.8) is 0 Å². The van der Waals surface area contributed by atoms with Crippen LogP contribution in [0.5, 0.6) is 0 Å². The molecular formula is C18H19ClN4O2S2. The number of hydrogen-bond acceptors (Lipinski definition) is 5. The van der Waals surface area contributed by atoms with Gasteiger partial charge in [-0.1, -0.05) is 59.8 Å². The Hall–Kier alpha value is -2.00. The highest BCUT2D eigenvalue weighted by Crippen LogP contribution is 2.42. The number of para-hydroxylation sites is 1. The third-order valence-corrected chi connectivity index (χ3v) is 5.74. The van der Waals surface area contributed by atoms with Gasteiger partial charge in [-0.3, -0.25) is 10.6 Å². The second kappa shape index (κ2) is 7.93. The summed E-state index contributed by atoms with van der Waals surface area (Å²) >= 11 is 12.8. The van der Waals surface area contributed by atoms with Crippen molar-refractivity contribution in [2.45, 2.75) is 24.8 Å². The SMILES string of the molecule is CC1(C)SC(=S)N(Nc2ccccc2)C1N(O)C(=O)Nc1cccc(Cl)c1. The van der Waals surface area contributed by atoms with E-state index >= 15 is 0 Å². The molecule has 2 amide bonds. The molecule has 2 aromatic carbocycles. The van der Waals surface area contributed by atoms with E-state index in [0.29, 0.717) is 20.1 Å². The monoisotopic (exact) mass is 422 g/mol. The Bertz CT molecular complexity index is 850. The number of nitrogens with one attached hydrogen (secondary N) is 2. The zero-order valence-electron chi connectivity index (χ0n) is 14.7. The lowest BCUT2D eigenvalue weighted by Gasteiger charge is -2.36. The minimum absolute atomic E-state index is 0.486. The number of carbonyl (C=O) groups is 1. The van der Waals surface area contributed by atoms with Crippen LogP contribution in [0.25, 0.3) is 0 Å². The minimum atomic E-state index is -0.727. The number of thiocarbonyl (C=S) groups is 1. The van der Waals surface area contributed by atoms with Gasteiger partial charge in [0.15, 0.2) is 10.5 Å². The third kappa shape index (κ3) is 4.47. The van der Waals surface area contributed by atoms with Gasteiger partial charge >= 0.3 is 6.03 Å². The number of hydroxylamine groups is 2. The Morgan fingerprint density at radius 3 is 2.56 bits per heavy atom. The van der Waals surface area contributed by atoms with E-state index in [-0.39, 0.29) is 0 Å². The standard InChI is InChI=1S/C18H19ClN4O2S2/c1-18(2)15(22(17(26)27-18)21-13-8-4-3-5-9-13)23(25)16(24)20-14-10-6-7-12(19)11-14/h3-11,15,21,25H,1-2H3,(H,20,24). The van der Waals surface area contributed by atoms with Crippen LogP contribution in [0.2, 0.25) is 5.02 Å². The Morgan fingerprint density at radius 1 is 1.22 bits per heavy atom. The molecule has 6 nitrogen and oxygen atoms in total. The molecule has 0 bridgehead atoms. The molecule has 1 unspecified atom stereocenters. The summed E-state index contributed by atoms with van der Waals surface area (Å²) in [6.07, 6.45) is -0.727. The summed E-state index contributed by atoms with van der Waals surface area (Å²) in [4.78, 5) is 12.6. The number of nitrogens with zero attached hydrogens (tertiary/aromatic N) is 2. The first kappa shape index (κ1) is 19.8. The Balaban J connectivity index is 1.81. The number of hydrogen-bond donors (Lipinski definition) is 3. The van der Waals surface area contributed by atoms with Gasteiger partial charge in [-0.25, -0.2) is 9.80 Å². The van der Waals surface area contributed by atoms with E-state index in [9.17, 15) is 10.0 Å². The van der Waals surface area contributed by atoms with E-state index in [1.165, 1.54) is 11.8 Å². The zero-order chi connectivity index (χ0) is 19.6. The van der Waals surface area contributed by atoms with Crippen molar-refractivity contribution in [1.82, 2.24) is 10.1 Å². The van der Waals surface area contributed by atoms with Gasteiger partial charge in [-0.05, 0) is 44.2 Å². The van der Waals surface area contributed by atoms with Crippen molar-refractivity contribution in [3.8, 4) is 0 Å². The normalized spacial score (nSPS) is 18.3. The van der Waals surface area contributed by atoms with Crippen LogP contribution in [-0.2, 0) is 0 Å². The second-order valence-corrected chi connectivity index (χ2v) is 9.20. The van der Waals surface area contributed by atoms with Crippen LogP contribution in [0.1, 0.15) is 13.8 Å². The van der Waals surface area contributed by atoms with Gasteiger partial charge in [0.2, 0.25) is 0 Å². The number of benzene rings is 2. The maximum absolute atomic E-state index is 12.6. The van der Waals surface area contributed by atoms with Gasteiger partial charge in [0.25, 0.3) is 0 Å². The number of halogens is 1. The fourth-order valence-corrected chi connectivity index (χ4v) is 4.74. The molecule has 1 aliphatic rings. The fraction of sp³-hybridized carbons (Fsp3) is 0.222. The average Bonchev–Trinajstić information content (AvgIpc) is 2.83. The molecule has 0 radical (unpaired) electrons. The van der Waals surface area contributed by atoms with Crippen LogP contribution in [0.15, 0.2) is 54.6 Å². The van der Waals surface area contributed by atoms with Gasteiger partial charge in [-0.2, -0.15) is 5.06 Å². The van der Waals surface area contributed by atoms with E-state index in [0.717, 1.165) is 5.69 Å². The number of amides is 2. The smallest absolute Gasteiger partial charge is 0.306 e. The van der Waals surface area contributed by atoms with Crippen molar-refractivity contribution in [2.24, 2.45) is 0 Å². The molecule has 9 heteroatoms. The molecule has 1 saturated heterocycles. The van der Waals surface area contributed by atoms with Crippen molar-refractivity contribution in [3.05, 3.63) is 59.6 Å². The third-order valence-electron chi connectivity index (χ3n) is 3.95. The van der Waals surface area contributed by atoms with E-state index < -0.39 is 16.9 Å². The topological polar surface area (TPSA) is 67.8 Å². The summed E-state index contributed by atoms with van der Waals surface area (Å²) in [7, 11) is 0. The lowest BCUT2D eigenvalue weighted by Crippen LogP contribution is -2.57. The predicted molar refractivity (Wildman–Crippen MR) is 114 cm³/mol. The van der Waals surface area contributed by atoms with Crippen molar-refractivity contribution < 1.29 is 10.0 Å². The first-order chi connectivity index (χ1) is 12.8. The van der Waals surface area contributed by atoms with Crippen LogP contribution >= 0.6 is 35.6 Å². The highest BCUT2D eigenvalue weighted by molar-refractivity contribution is 8.24. The predicted octanol–water partition coefficient (Wildman–Crippen LogP) is 5.03. The second-order valence-electron chi connectivity index (χ2n) is 6.48. The summed E-state index contributed by atoms with van der Waals surface area (Å²) in [6.45, 7) is 3.83. The first-order valence-corrected chi connectivity index (χ1v) is 9.77. The van der Waals surface area contributed by atoms with Crippen LogP contribution in [0, 0.1) is 0 Å². The maximum Gasteiger partial charge on any atom is 0.347 e. The molecule has 1 heterocycles. The zero-order valence-corrected chi connectivity index (χ0v) is 17.1. The number of anilines is 2. The Kier molecular flexibility index (Phi) is 5.81. The summed E-state index contributed by atoms with van der Waals surface area (Å²) < 4.78 is -0.0114. The van der Waals surface area contributed by atoms with Crippen LogP contribution in [0.3, 0.4) is 0 Å². The summed E-state index contributed by atoms with van der Waals surface area (Å²) in [5, 5.41) is 16.1. The molecule has 2 aromatic rings. The molecular weight excluding hydrogens is 404 g/mol. The molecule has 3 N–H and O–H groups in total. The van der Waals surface area contributed by atoms with Gasteiger partial charge in [-0.15, -0.1) is 0 Å². The van der Waals surface area contributed by atoms with Crippen LogP contribution in [0.4, 0.5) is 16.2 Å². The summed E-state index contributed by atoms with van der Waals surface area (Å²) in [5.74, 6) is 0. The van der Waals surface area contributed by atoms with E-state index in [1.54, 1.807) is 29.3 Å². The van der Waals surface area contributed by atoms with Crippen molar-refractivity contribution in [2.75, 3.05) is 10.7 Å². The fourth-order valence-electron chi connectivity index (χ4n) is 2.76.